The molecule has 1 aromatic carbocycles. The molecule has 0 amide bonds. The average Bonchev–Trinajstić information content (AvgIpc) is 2.75. The van der Waals surface area contributed by atoms with Crippen LogP contribution in [0.2, 0.25) is 0 Å². The van der Waals surface area contributed by atoms with Crippen molar-refractivity contribution in [2.24, 2.45) is 5.84 Å². The molecular formula is C12H16N4OS. The SMILES string of the molecule is Cc1cc(C)c(OCc2nnc(NN)s2)c(C)c1. The maximum atomic E-state index is 5.81. The van der Waals surface area contributed by atoms with Gasteiger partial charge in [-0.05, 0) is 31.9 Å². The highest BCUT2D eigenvalue weighted by atomic mass is 32.1. The van der Waals surface area contributed by atoms with E-state index in [0.29, 0.717) is 11.7 Å². The lowest BCUT2D eigenvalue weighted by Crippen LogP contribution is -2.05. The second-order valence-corrected chi connectivity index (χ2v) is 5.22. The van der Waals surface area contributed by atoms with Crippen LogP contribution in [-0.2, 0) is 6.61 Å². The fourth-order valence-corrected chi connectivity index (χ4v) is 2.46. The third kappa shape index (κ3) is 2.77. The van der Waals surface area contributed by atoms with Gasteiger partial charge in [0.15, 0.2) is 5.01 Å². The van der Waals surface area contributed by atoms with E-state index in [-0.39, 0.29) is 0 Å². The number of nitrogens with zero attached hydrogens (tertiary/aromatic N) is 2. The lowest BCUT2D eigenvalue weighted by atomic mass is 10.1. The van der Waals surface area contributed by atoms with Crippen molar-refractivity contribution >= 4 is 16.5 Å². The van der Waals surface area contributed by atoms with Crippen LogP contribution in [0.1, 0.15) is 21.7 Å². The first-order valence-electron chi connectivity index (χ1n) is 5.60. The topological polar surface area (TPSA) is 73.1 Å². The Hall–Kier alpha value is -1.66. The molecule has 0 aliphatic carbocycles. The Morgan fingerprint density at radius 2 is 1.89 bits per heavy atom. The number of nitrogen functional groups attached to an aromatic ring is 1. The summed E-state index contributed by atoms with van der Waals surface area (Å²) in [5, 5.41) is 9.22. The van der Waals surface area contributed by atoms with E-state index in [0.717, 1.165) is 21.9 Å². The van der Waals surface area contributed by atoms with Crippen LogP contribution in [0.3, 0.4) is 0 Å². The number of aryl methyl sites for hydroxylation is 3. The highest BCUT2D eigenvalue weighted by Crippen LogP contribution is 2.26. The van der Waals surface area contributed by atoms with Crippen LogP contribution >= 0.6 is 11.3 Å². The molecule has 3 N–H and O–H groups in total. The Kier molecular flexibility index (Phi) is 3.78. The molecule has 6 heteroatoms. The highest BCUT2D eigenvalue weighted by Gasteiger charge is 2.08. The molecule has 5 nitrogen and oxygen atoms in total. The summed E-state index contributed by atoms with van der Waals surface area (Å²) in [6.45, 7) is 6.57. The minimum atomic E-state index is 0.407. The fraction of sp³-hybridized carbons (Fsp3) is 0.333. The van der Waals surface area contributed by atoms with Crippen molar-refractivity contribution in [3.63, 3.8) is 0 Å². The summed E-state index contributed by atoms with van der Waals surface area (Å²) in [7, 11) is 0. The molecule has 1 heterocycles. The number of hydrogen-bond acceptors (Lipinski definition) is 6. The summed E-state index contributed by atoms with van der Waals surface area (Å²) in [6, 6.07) is 4.21. The molecule has 18 heavy (non-hydrogen) atoms. The standard InChI is InChI=1S/C12H16N4OS/c1-7-4-8(2)11(9(3)5-7)17-6-10-15-16-12(14-13)18-10/h4-5H,6,13H2,1-3H3,(H,14,16). The lowest BCUT2D eigenvalue weighted by molar-refractivity contribution is 0.300. The normalized spacial score (nSPS) is 10.4. The third-order valence-electron chi connectivity index (χ3n) is 2.53. The van der Waals surface area contributed by atoms with Gasteiger partial charge in [0.1, 0.15) is 12.4 Å². The van der Waals surface area contributed by atoms with Crippen molar-refractivity contribution in [1.82, 2.24) is 10.2 Å². The number of ether oxygens (including phenoxy) is 1. The van der Waals surface area contributed by atoms with Gasteiger partial charge in [0, 0.05) is 0 Å². The Morgan fingerprint density at radius 3 is 2.44 bits per heavy atom. The molecule has 0 aliphatic rings. The van der Waals surface area contributed by atoms with Gasteiger partial charge >= 0.3 is 0 Å². The number of nitrogens with two attached hydrogens (primary N) is 1. The average molecular weight is 264 g/mol. The summed E-state index contributed by atoms with van der Waals surface area (Å²) in [5.41, 5.74) is 5.97. The first kappa shape index (κ1) is 12.8. The Labute approximate surface area is 110 Å². The van der Waals surface area contributed by atoms with Crippen LogP contribution in [0.15, 0.2) is 12.1 Å². The zero-order chi connectivity index (χ0) is 13.1. The molecule has 0 aliphatic heterocycles. The fourth-order valence-electron chi connectivity index (χ4n) is 1.90. The first-order valence-corrected chi connectivity index (χ1v) is 6.41. The van der Waals surface area contributed by atoms with E-state index < -0.39 is 0 Å². The predicted molar refractivity (Wildman–Crippen MR) is 72.7 cm³/mol. The molecule has 0 radical (unpaired) electrons. The monoisotopic (exact) mass is 264 g/mol. The van der Waals surface area contributed by atoms with Crippen LogP contribution in [0, 0.1) is 20.8 Å². The van der Waals surface area contributed by atoms with Gasteiger partial charge in [-0.25, -0.2) is 5.84 Å². The number of anilines is 1. The third-order valence-corrected chi connectivity index (χ3v) is 3.36. The molecule has 0 fully saturated rings. The zero-order valence-corrected chi connectivity index (χ0v) is 11.5. The van der Waals surface area contributed by atoms with Crippen LogP contribution in [0.25, 0.3) is 0 Å². The van der Waals surface area contributed by atoms with E-state index in [1.54, 1.807) is 0 Å². The van der Waals surface area contributed by atoms with Crippen molar-refractivity contribution < 1.29 is 4.74 Å². The first-order chi connectivity index (χ1) is 8.60. The van der Waals surface area contributed by atoms with Crippen LogP contribution in [0.5, 0.6) is 5.75 Å². The van der Waals surface area contributed by atoms with Crippen LogP contribution in [0.4, 0.5) is 5.13 Å². The van der Waals surface area contributed by atoms with E-state index >= 15 is 0 Å². The number of nitrogens with one attached hydrogen (secondary N) is 1. The molecule has 0 unspecified atom stereocenters. The van der Waals surface area contributed by atoms with Crippen molar-refractivity contribution in [1.29, 1.82) is 0 Å². The van der Waals surface area contributed by atoms with Gasteiger partial charge in [-0.1, -0.05) is 29.0 Å². The number of aromatic nitrogens is 2. The van der Waals surface area contributed by atoms with Crippen molar-refractivity contribution in [3.05, 3.63) is 33.8 Å². The van der Waals surface area contributed by atoms with Gasteiger partial charge in [0.2, 0.25) is 5.13 Å². The van der Waals surface area contributed by atoms with Gasteiger partial charge in [-0.3, -0.25) is 5.43 Å². The van der Waals surface area contributed by atoms with E-state index in [9.17, 15) is 0 Å². The van der Waals surface area contributed by atoms with Crippen LogP contribution < -0.4 is 16.0 Å². The molecule has 96 valence electrons. The Morgan fingerprint density at radius 1 is 1.22 bits per heavy atom. The van der Waals surface area contributed by atoms with E-state index in [2.05, 4.69) is 34.7 Å². The van der Waals surface area contributed by atoms with Gasteiger partial charge in [-0.15, -0.1) is 10.2 Å². The Bertz CT molecular complexity index is 530. The number of hydrogen-bond donors (Lipinski definition) is 2. The summed E-state index contributed by atoms with van der Waals surface area (Å²) >= 11 is 1.38. The molecule has 0 atom stereocenters. The molecule has 0 bridgehead atoms. The summed E-state index contributed by atoms with van der Waals surface area (Å²) in [6.07, 6.45) is 0. The van der Waals surface area contributed by atoms with E-state index in [4.69, 9.17) is 10.6 Å². The van der Waals surface area contributed by atoms with Crippen molar-refractivity contribution in [3.8, 4) is 5.75 Å². The quantitative estimate of drug-likeness (QED) is 0.655. The summed E-state index contributed by atoms with van der Waals surface area (Å²) < 4.78 is 5.81. The Balaban J connectivity index is 2.10. The molecular weight excluding hydrogens is 248 g/mol. The predicted octanol–water partition coefficient (Wildman–Crippen LogP) is 2.33. The smallest absolute Gasteiger partial charge is 0.219 e. The van der Waals surface area contributed by atoms with Gasteiger partial charge in [-0.2, -0.15) is 0 Å². The molecule has 1 aromatic heterocycles. The minimum absolute atomic E-state index is 0.407. The molecule has 0 saturated heterocycles. The second-order valence-electron chi connectivity index (χ2n) is 4.16. The minimum Gasteiger partial charge on any atom is -0.486 e. The van der Waals surface area contributed by atoms with Crippen LogP contribution in [-0.4, -0.2) is 10.2 Å². The zero-order valence-electron chi connectivity index (χ0n) is 10.7. The summed E-state index contributed by atoms with van der Waals surface area (Å²) in [4.78, 5) is 0. The van der Waals surface area contributed by atoms with Crippen molar-refractivity contribution in [2.75, 3.05) is 5.43 Å². The van der Waals surface area contributed by atoms with E-state index in [1.165, 1.54) is 16.9 Å². The number of rotatable bonds is 4. The largest absolute Gasteiger partial charge is 0.486 e. The van der Waals surface area contributed by atoms with Gasteiger partial charge in [0.05, 0.1) is 0 Å². The molecule has 0 saturated carbocycles. The second kappa shape index (κ2) is 5.32. The molecule has 2 aromatic rings. The van der Waals surface area contributed by atoms with Crippen molar-refractivity contribution in [2.45, 2.75) is 27.4 Å². The molecule has 0 spiro atoms. The number of hydrazine groups is 1. The lowest BCUT2D eigenvalue weighted by Gasteiger charge is -2.11. The summed E-state index contributed by atoms with van der Waals surface area (Å²) in [5.74, 6) is 6.17. The van der Waals surface area contributed by atoms with Gasteiger partial charge < -0.3 is 4.74 Å². The highest BCUT2D eigenvalue weighted by molar-refractivity contribution is 7.15. The van der Waals surface area contributed by atoms with E-state index in [1.807, 2.05) is 13.8 Å². The number of benzene rings is 1. The maximum absolute atomic E-state index is 5.81. The van der Waals surface area contributed by atoms with Gasteiger partial charge in [0.25, 0.3) is 0 Å². The maximum Gasteiger partial charge on any atom is 0.219 e. The molecule has 2 rings (SSSR count).